The molecule has 0 spiro atoms. The van der Waals surface area contributed by atoms with Gasteiger partial charge in [-0.3, -0.25) is 0 Å². The average Bonchev–Trinajstić information content (AvgIpc) is 2.45. The highest BCUT2D eigenvalue weighted by atomic mass is 16.3. The Morgan fingerprint density at radius 3 is 2.63 bits per heavy atom. The van der Waals surface area contributed by atoms with Crippen LogP contribution in [0.2, 0.25) is 0 Å². The summed E-state index contributed by atoms with van der Waals surface area (Å²) in [5.74, 6) is 0. The predicted molar refractivity (Wildman–Crippen MR) is 80.5 cm³/mol. The van der Waals surface area contributed by atoms with Crippen LogP contribution in [0, 0.1) is 0 Å². The van der Waals surface area contributed by atoms with Crippen LogP contribution in [0.5, 0.6) is 0 Å². The van der Waals surface area contributed by atoms with Crippen LogP contribution in [-0.2, 0) is 6.54 Å². The fourth-order valence-corrected chi connectivity index (χ4v) is 2.66. The van der Waals surface area contributed by atoms with E-state index < -0.39 is 0 Å². The summed E-state index contributed by atoms with van der Waals surface area (Å²) in [6, 6.07) is 9.56. The van der Waals surface area contributed by atoms with Crippen LogP contribution in [-0.4, -0.2) is 30.3 Å². The minimum Gasteiger partial charge on any atom is -0.394 e. The van der Waals surface area contributed by atoms with Crippen molar-refractivity contribution >= 4 is 5.69 Å². The minimum absolute atomic E-state index is 0.261. The molecule has 0 aromatic heterocycles. The van der Waals surface area contributed by atoms with Crippen LogP contribution in [0.3, 0.4) is 0 Å². The second-order valence-corrected chi connectivity index (χ2v) is 5.73. The van der Waals surface area contributed by atoms with Crippen LogP contribution < -0.4 is 10.2 Å². The number of piperidine rings is 1. The molecule has 1 saturated heterocycles. The number of benzene rings is 1. The first-order valence-corrected chi connectivity index (χ1v) is 7.40. The molecule has 1 aliphatic rings. The first-order chi connectivity index (χ1) is 9.20. The van der Waals surface area contributed by atoms with E-state index in [0.717, 1.165) is 19.5 Å². The lowest BCUT2D eigenvalue weighted by atomic mass is 10.0. The van der Waals surface area contributed by atoms with Crippen molar-refractivity contribution in [3.05, 3.63) is 29.8 Å². The number of anilines is 1. The van der Waals surface area contributed by atoms with Crippen molar-refractivity contribution < 1.29 is 5.11 Å². The summed E-state index contributed by atoms with van der Waals surface area (Å²) in [6.45, 7) is 6.56. The minimum atomic E-state index is 0.261. The number of hydrogen-bond donors (Lipinski definition) is 2. The van der Waals surface area contributed by atoms with Gasteiger partial charge in [0.05, 0.1) is 12.6 Å². The molecule has 1 aliphatic heterocycles. The third-order valence-electron chi connectivity index (χ3n) is 3.82. The number of aliphatic hydroxyl groups excluding tert-OH is 1. The average molecular weight is 262 g/mol. The Labute approximate surface area is 116 Å². The van der Waals surface area contributed by atoms with Gasteiger partial charge in [0, 0.05) is 24.8 Å². The van der Waals surface area contributed by atoms with Gasteiger partial charge < -0.3 is 15.3 Å². The lowest BCUT2D eigenvalue weighted by Crippen LogP contribution is -2.41. The maximum Gasteiger partial charge on any atom is 0.0635 e. The van der Waals surface area contributed by atoms with E-state index in [0.29, 0.717) is 12.1 Å². The van der Waals surface area contributed by atoms with Crippen LogP contribution in [0.15, 0.2) is 24.3 Å². The molecule has 0 radical (unpaired) electrons. The lowest BCUT2D eigenvalue weighted by Gasteiger charge is -2.36. The van der Waals surface area contributed by atoms with Crippen LogP contribution >= 0.6 is 0 Å². The maximum atomic E-state index is 9.47. The molecule has 19 heavy (non-hydrogen) atoms. The van der Waals surface area contributed by atoms with E-state index in [-0.39, 0.29) is 6.61 Å². The Balaban J connectivity index is 2.00. The van der Waals surface area contributed by atoms with Gasteiger partial charge in [-0.25, -0.2) is 0 Å². The van der Waals surface area contributed by atoms with E-state index in [1.54, 1.807) is 0 Å². The standard InChI is InChI=1S/C16H26N2O/c1-13(2)17-11-14-6-8-15(9-7-14)18-10-4-3-5-16(18)12-19/h6-9,13,16-17,19H,3-5,10-12H2,1-2H3. The van der Waals surface area contributed by atoms with E-state index in [2.05, 4.69) is 48.3 Å². The number of hydrogen-bond acceptors (Lipinski definition) is 3. The Morgan fingerprint density at radius 2 is 2.00 bits per heavy atom. The summed E-state index contributed by atoms with van der Waals surface area (Å²) < 4.78 is 0. The molecule has 0 bridgehead atoms. The zero-order chi connectivity index (χ0) is 13.7. The van der Waals surface area contributed by atoms with E-state index in [1.807, 2.05) is 0 Å². The van der Waals surface area contributed by atoms with Gasteiger partial charge in [-0.05, 0) is 37.0 Å². The highest BCUT2D eigenvalue weighted by molar-refractivity contribution is 5.49. The fourth-order valence-electron chi connectivity index (χ4n) is 2.66. The number of nitrogens with zero attached hydrogens (tertiary/aromatic N) is 1. The van der Waals surface area contributed by atoms with Crippen molar-refractivity contribution in [2.24, 2.45) is 0 Å². The highest BCUT2D eigenvalue weighted by Gasteiger charge is 2.21. The Morgan fingerprint density at radius 1 is 1.26 bits per heavy atom. The van der Waals surface area contributed by atoms with Gasteiger partial charge in [-0.1, -0.05) is 26.0 Å². The maximum absolute atomic E-state index is 9.47. The van der Waals surface area contributed by atoms with Gasteiger partial charge in [-0.15, -0.1) is 0 Å². The van der Waals surface area contributed by atoms with Crippen molar-refractivity contribution in [2.45, 2.75) is 51.7 Å². The van der Waals surface area contributed by atoms with E-state index in [4.69, 9.17) is 0 Å². The van der Waals surface area contributed by atoms with Crippen molar-refractivity contribution in [1.29, 1.82) is 0 Å². The molecular weight excluding hydrogens is 236 g/mol. The smallest absolute Gasteiger partial charge is 0.0635 e. The molecule has 1 atom stereocenters. The summed E-state index contributed by atoms with van der Waals surface area (Å²) >= 11 is 0. The van der Waals surface area contributed by atoms with E-state index in [1.165, 1.54) is 24.1 Å². The Hall–Kier alpha value is -1.06. The normalized spacial score (nSPS) is 20.0. The SMILES string of the molecule is CC(C)NCc1ccc(N2CCCCC2CO)cc1. The number of aliphatic hydroxyl groups is 1. The molecule has 0 saturated carbocycles. The van der Waals surface area contributed by atoms with Gasteiger partial charge in [0.2, 0.25) is 0 Å². The van der Waals surface area contributed by atoms with E-state index in [9.17, 15) is 5.11 Å². The third-order valence-corrected chi connectivity index (χ3v) is 3.82. The Kier molecular flexibility index (Phi) is 5.23. The molecule has 3 heteroatoms. The van der Waals surface area contributed by atoms with Gasteiger partial charge in [0.25, 0.3) is 0 Å². The van der Waals surface area contributed by atoms with Crippen molar-refractivity contribution in [1.82, 2.24) is 5.32 Å². The molecule has 3 nitrogen and oxygen atoms in total. The lowest BCUT2D eigenvalue weighted by molar-refractivity contribution is 0.240. The zero-order valence-electron chi connectivity index (χ0n) is 12.1. The van der Waals surface area contributed by atoms with Gasteiger partial charge >= 0.3 is 0 Å². The summed E-state index contributed by atoms with van der Waals surface area (Å²) in [5.41, 5.74) is 2.56. The summed E-state index contributed by atoms with van der Waals surface area (Å²) in [7, 11) is 0. The fraction of sp³-hybridized carbons (Fsp3) is 0.625. The van der Waals surface area contributed by atoms with Gasteiger partial charge in [-0.2, -0.15) is 0 Å². The molecule has 1 unspecified atom stereocenters. The van der Waals surface area contributed by atoms with Gasteiger partial charge in [0.1, 0.15) is 0 Å². The number of rotatable bonds is 5. The topological polar surface area (TPSA) is 35.5 Å². The second kappa shape index (κ2) is 6.92. The molecule has 2 rings (SSSR count). The summed E-state index contributed by atoms with van der Waals surface area (Å²) in [5, 5.41) is 12.9. The monoisotopic (exact) mass is 262 g/mol. The van der Waals surface area contributed by atoms with Crippen LogP contribution in [0.25, 0.3) is 0 Å². The highest BCUT2D eigenvalue weighted by Crippen LogP contribution is 2.24. The molecule has 0 amide bonds. The number of nitrogens with one attached hydrogen (secondary N) is 1. The zero-order valence-corrected chi connectivity index (χ0v) is 12.1. The molecule has 0 aliphatic carbocycles. The second-order valence-electron chi connectivity index (χ2n) is 5.73. The molecule has 1 aromatic carbocycles. The van der Waals surface area contributed by atoms with Crippen LogP contribution in [0.1, 0.15) is 38.7 Å². The van der Waals surface area contributed by atoms with E-state index >= 15 is 0 Å². The van der Waals surface area contributed by atoms with Crippen molar-refractivity contribution in [3.63, 3.8) is 0 Å². The molecule has 106 valence electrons. The first-order valence-electron chi connectivity index (χ1n) is 7.40. The third kappa shape index (κ3) is 3.95. The summed E-state index contributed by atoms with van der Waals surface area (Å²) in [6.07, 6.45) is 3.57. The quantitative estimate of drug-likeness (QED) is 0.856. The molecule has 1 fully saturated rings. The van der Waals surface area contributed by atoms with Gasteiger partial charge in [0.15, 0.2) is 0 Å². The van der Waals surface area contributed by atoms with Crippen molar-refractivity contribution in [2.75, 3.05) is 18.1 Å². The first kappa shape index (κ1) is 14.4. The Bertz CT molecular complexity index is 375. The summed E-state index contributed by atoms with van der Waals surface area (Å²) in [4.78, 5) is 2.35. The molecular formula is C16H26N2O. The van der Waals surface area contributed by atoms with Crippen molar-refractivity contribution in [3.8, 4) is 0 Å². The largest absolute Gasteiger partial charge is 0.394 e. The predicted octanol–water partition coefficient (Wildman–Crippen LogP) is 2.54. The molecule has 1 aromatic rings. The molecule has 2 N–H and O–H groups in total. The molecule has 1 heterocycles. The van der Waals surface area contributed by atoms with Crippen LogP contribution in [0.4, 0.5) is 5.69 Å².